The second-order valence-corrected chi connectivity index (χ2v) is 5.56. The minimum Gasteiger partial charge on any atom is -0.300 e. The Morgan fingerprint density at radius 2 is 2.06 bits per heavy atom. The molecule has 0 aliphatic rings. The summed E-state index contributed by atoms with van der Waals surface area (Å²) < 4.78 is 2.77. The molecule has 1 aromatic carbocycles. The maximum atomic E-state index is 5.31. The number of H-pyrrole nitrogens is 1. The van der Waals surface area contributed by atoms with Crippen molar-refractivity contribution < 1.29 is 0 Å². The van der Waals surface area contributed by atoms with E-state index in [1.165, 1.54) is 11.1 Å². The highest BCUT2D eigenvalue weighted by molar-refractivity contribution is 7.71. The highest BCUT2D eigenvalue weighted by Crippen LogP contribution is 2.23. The quantitative estimate of drug-likeness (QED) is 0.851. The average Bonchev–Trinajstić information content (AvgIpc) is 2.60. The highest BCUT2D eigenvalue weighted by Gasteiger charge is 2.12. The summed E-state index contributed by atoms with van der Waals surface area (Å²) in [4.78, 5) is 0. The maximum Gasteiger partial charge on any atom is 0.195 e. The zero-order chi connectivity index (χ0) is 13.3. The lowest BCUT2D eigenvalue weighted by atomic mass is 10.1. The maximum absolute atomic E-state index is 5.31. The van der Waals surface area contributed by atoms with Crippen molar-refractivity contribution in [2.24, 2.45) is 5.92 Å². The molecule has 1 heterocycles. The molecule has 0 aliphatic heterocycles. The van der Waals surface area contributed by atoms with Crippen LogP contribution in [-0.4, -0.2) is 14.8 Å². The van der Waals surface area contributed by atoms with Crippen LogP contribution in [0.15, 0.2) is 18.2 Å². The SMILES string of the molecule is Cc1ccc(-c2n[nH]c(=S)n2CC(C)C)c(C)c1. The fraction of sp³-hybridized carbons (Fsp3) is 0.429. The minimum atomic E-state index is 0.541. The Morgan fingerprint density at radius 3 is 2.67 bits per heavy atom. The third-order valence-corrected chi connectivity index (χ3v) is 3.24. The van der Waals surface area contributed by atoms with Gasteiger partial charge in [0.25, 0.3) is 0 Å². The first-order valence-corrected chi connectivity index (χ1v) is 6.62. The highest BCUT2D eigenvalue weighted by atomic mass is 32.1. The summed E-state index contributed by atoms with van der Waals surface area (Å²) in [7, 11) is 0. The van der Waals surface area contributed by atoms with Crippen LogP contribution in [0.4, 0.5) is 0 Å². The van der Waals surface area contributed by atoms with Crippen molar-refractivity contribution in [3.63, 3.8) is 0 Å². The fourth-order valence-electron chi connectivity index (χ4n) is 2.12. The average molecular weight is 261 g/mol. The van der Waals surface area contributed by atoms with Gasteiger partial charge < -0.3 is 0 Å². The van der Waals surface area contributed by atoms with E-state index in [1.54, 1.807) is 0 Å². The summed E-state index contributed by atoms with van der Waals surface area (Å²) in [6.45, 7) is 9.46. The van der Waals surface area contributed by atoms with Gasteiger partial charge in [0.05, 0.1) is 0 Å². The van der Waals surface area contributed by atoms with Crippen molar-refractivity contribution in [1.82, 2.24) is 14.8 Å². The van der Waals surface area contributed by atoms with E-state index < -0.39 is 0 Å². The van der Waals surface area contributed by atoms with Gasteiger partial charge in [-0.2, -0.15) is 5.10 Å². The molecule has 0 aliphatic carbocycles. The molecule has 4 heteroatoms. The third kappa shape index (κ3) is 2.53. The molecule has 96 valence electrons. The van der Waals surface area contributed by atoms with Crippen molar-refractivity contribution in [1.29, 1.82) is 0 Å². The van der Waals surface area contributed by atoms with Crippen LogP contribution in [0.25, 0.3) is 11.4 Å². The number of benzene rings is 1. The van der Waals surface area contributed by atoms with Gasteiger partial charge >= 0.3 is 0 Å². The predicted octanol–water partition coefficient (Wildman–Crippen LogP) is 3.88. The molecule has 2 rings (SSSR count). The topological polar surface area (TPSA) is 33.6 Å². The van der Waals surface area contributed by atoms with Crippen LogP contribution in [0.5, 0.6) is 0 Å². The standard InChI is InChI=1S/C14H19N3S/c1-9(2)8-17-13(15-16-14(17)18)12-6-5-10(3)7-11(12)4/h5-7,9H,8H2,1-4H3,(H,16,18). The summed E-state index contributed by atoms with van der Waals surface area (Å²) in [5.74, 6) is 1.48. The molecule has 1 N–H and O–H groups in total. The van der Waals surface area contributed by atoms with Crippen LogP contribution >= 0.6 is 12.2 Å². The Labute approximate surface area is 113 Å². The third-order valence-electron chi connectivity index (χ3n) is 2.93. The van der Waals surface area contributed by atoms with Crippen LogP contribution in [-0.2, 0) is 6.54 Å². The lowest BCUT2D eigenvalue weighted by Gasteiger charge is -2.11. The summed E-state index contributed by atoms with van der Waals surface area (Å²) in [5, 5.41) is 7.27. The Hall–Kier alpha value is -1.42. The van der Waals surface area contributed by atoms with Crippen LogP contribution in [0, 0.1) is 24.5 Å². The number of rotatable bonds is 3. The first kappa shape index (κ1) is 13.0. The lowest BCUT2D eigenvalue weighted by molar-refractivity contribution is 0.521. The molecule has 18 heavy (non-hydrogen) atoms. The lowest BCUT2D eigenvalue weighted by Crippen LogP contribution is -2.07. The first-order chi connectivity index (χ1) is 8.49. The number of nitrogens with zero attached hydrogens (tertiary/aromatic N) is 2. The molecular weight excluding hydrogens is 242 g/mol. The van der Waals surface area contributed by atoms with Gasteiger partial charge in [0, 0.05) is 12.1 Å². The summed E-state index contributed by atoms with van der Waals surface area (Å²) >= 11 is 5.31. The van der Waals surface area contributed by atoms with Crippen LogP contribution < -0.4 is 0 Å². The van der Waals surface area contributed by atoms with Crippen molar-refractivity contribution in [3.8, 4) is 11.4 Å². The molecule has 0 unspecified atom stereocenters. The van der Waals surface area contributed by atoms with E-state index in [0.717, 1.165) is 17.9 Å². The van der Waals surface area contributed by atoms with Gasteiger partial charge in [0.2, 0.25) is 0 Å². The van der Waals surface area contributed by atoms with E-state index >= 15 is 0 Å². The fourth-order valence-corrected chi connectivity index (χ4v) is 2.33. The van der Waals surface area contributed by atoms with Crippen molar-refractivity contribution in [3.05, 3.63) is 34.1 Å². The second kappa shape index (κ2) is 5.06. The smallest absolute Gasteiger partial charge is 0.195 e. The summed E-state index contributed by atoms with van der Waals surface area (Å²) in [6, 6.07) is 6.40. The van der Waals surface area contributed by atoms with Crippen molar-refractivity contribution in [2.45, 2.75) is 34.2 Å². The van der Waals surface area contributed by atoms with Gasteiger partial charge in [-0.1, -0.05) is 37.6 Å². The zero-order valence-electron chi connectivity index (χ0n) is 11.3. The molecule has 0 spiro atoms. The molecule has 0 saturated carbocycles. The first-order valence-electron chi connectivity index (χ1n) is 6.22. The number of aromatic amines is 1. The van der Waals surface area contributed by atoms with Gasteiger partial charge in [-0.05, 0) is 37.5 Å². The van der Waals surface area contributed by atoms with Crippen LogP contribution in [0.2, 0.25) is 0 Å². The zero-order valence-corrected chi connectivity index (χ0v) is 12.1. The minimum absolute atomic E-state index is 0.541. The number of aromatic nitrogens is 3. The molecule has 2 aromatic rings. The molecule has 0 amide bonds. The van der Waals surface area contributed by atoms with E-state index in [1.807, 2.05) is 0 Å². The summed E-state index contributed by atoms with van der Waals surface area (Å²) in [5.41, 5.74) is 3.64. The number of aryl methyl sites for hydroxylation is 2. The van der Waals surface area contributed by atoms with Gasteiger partial charge in [-0.3, -0.25) is 9.67 Å². The van der Waals surface area contributed by atoms with E-state index in [-0.39, 0.29) is 0 Å². The van der Waals surface area contributed by atoms with Gasteiger partial charge in [0.1, 0.15) is 0 Å². The molecule has 0 atom stereocenters. The monoisotopic (exact) mass is 261 g/mol. The molecule has 0 bridgehead atoms. The van der Waals surface area contributed by atoms with Crippen LogP contribution in [0.3, 0.4) is 0 Å². The van der Waals surface area contributed by atoms with Crippen LogP contribution in [0.1, 0.15) is 25.0 Å². The second-order valence-electron chi connectivity index (χ2n) is 5.18. The Morgan fingerprint density at radius 1 is 1.33 bits per heavy atom. The number of hydrogen-bond acceptors (Lipinski definition) is 2. The van der Waals surface area contributed by atoms with Crippen molar-refractivity contribution >= 4 is 12.2 Å². The summed E-state index contributed by atoms with van der Waals surface area (Å²) in [6.07, 6.45) is 0. The van der Waals surface area contributed by atoms with E-state index in [9.17, 15) is 0 Å². The normalized spacial score (nSPS) is 11.2. The van der Waals surface area contributed by atoms with Gasteiger partial charge in [-0.15, -0.1) is 0 Å². The predicted molar refractivity (Wildman–Crippen MR) is 77.2 cm³/mol. The number of nitrogens with one attached hydrogen (secondary N) is 1. The molecule has 3 nitrogen and oxygen atoms in total. The van der Waals surface area contributed by atoms with Gasteiger partial charge in [-0.25, -0.2) is 0 Å². The van der Waals surface area contributed by atoms with E-state index in [0.29, 0.717) is 10.7 Å². The molecule has 0 saturated heterocycles. The van der Waals surface area contributed by atoms with E-state index in [4.69, 9.17) is 12.2 Å². The van der Waals surface area contributed by atoms with Gasteiger partial charge in [0.15, 0.2) is 10.6 Å². The molecule has 1 aromatic heterocycles. The number of hydrogen-bond donors (Lipinski definition) is 1. The largest absolute Gasteiger partial charge is 0.300 e. The molecule has 0 fully saturated rings. The Kier molecular flexibility index (Phi) is 3.66. The Balaban J connectivity index is 2.54. The van der Waals surface area contributed by atoms with Crippen molar-refractivity contribution in [2.75, 3.05) is 0 Å². The van der Waals surface area contributed by atoms with E-state index in [2.05, 4.69) is 60.7 Å². The Bertz CT molecular complexity index is 608. The molecule has 0 radical (unpaired) electrons. The molecular formula is C14H19N3S.